The van der Waals surface area contributed by atoms with E-state index >= 15 is 0 Å². The second-order valence-corrected chi connectivity index (χ2v) is 22.5. The minimum absolute atomic E-state index is 0.204. The number of ether oxygens (including phenoxy) is 4. The molecule has 0 bridgehead atoms. The molecule has 9 N–H and O–H groups in total. The van der Waals surface area contributed by atoms with E-state index in [1.165, 1.54) is 186 Å². The van der Waals surface area contributed by atoms with Gasteiger partial charge in [-0.15, -0.1) is 0 Å². The molecule has 448 valence electrons. The van der Waals surface area contributed by atoms with Crippen molar-refractivity contribution in [2.45, 2.75) is 344 Å². The molecule has 2 rings (SSSR count). The van der Waals surface area contributed by atoms with Crippen molar-refractivity contribution in [1.29, 1.82) is 0 Å². The maximum absolute atomic E-state index is 13.3. The van der Waals surface area contributed by atoms with E-state index in [-0.39, 0.29) is 12.5 Å². The van der Waals surface area contributed by atoms with Crippen molar-refractivity contribution in [3.63, 3.8) is 0 Å². The Morgan fingerprint density at radius 1 is 0.474 bits per heavy atom. The Morgan fingerprint density at radius 3 is 1.32 bits per heavy atom. The van der Waals surface area contributed by atoms with Crippen LogP contribution < -0.4 is 5.32 Å². The van der Waals surface area contributed by atoms with Gasteiger partial charge < -0.3 is 65.1 Å². The van der Waals surface area contributed by atoms with Crippen LogP contribution in [0.4, 0.5) is 0 Å². The molecule has 2 aliphatic rings. The van der Waals surface area contributed by atoms with Crippen LogP contribution in [0, 0.1) is 0 Å². The van der Waals surface area contributed by atoms with Crippen LogP contribution in [0.2, 0.25) is 0 Å². The largest absolute Gasteiger partial charge is 0.394 e. The second kappa shape index (κ2) is 48.2. The summed E-state index contributed by atoms with van der Waals surface area (Å²) in [5, 5.41) is 87.1. The standard InChI is InChI=1S/C62H117NO13/c1-3-5-7-9-11-13-15-16-17-18-19-20-21-22-23-24-25-26-27-28-29-30-31-32-33-34-36-38-40-42-44-46-54(67)63-50(51(66)45-43-41-39-37-35-14-12-10-8-6-4-2)49-73-61-59(72)57(70)60(53(48-65)75-61)76-62-58(71)56(69)55(68)52(47-64)74-62/h15-16,18-19,50-53,55-62,64-66,68-72H,3-14,17,20-49H2,1-2H3,(H,63,67)/b16-15-,19-18-. The fourth-order valence-corrected chi connectivity index (χ4v) is 10.6. The third-order valence-corrected chi connectivity index (χ3v) is 15.7. The molecule has 14 nitrogen and oxygen atoms in total. The van der Waals surface area contributed by atoms with E-state index in [1.807, 2.05) is 0 Å². The molecule has 2 fully saturated rings. The zero-order chi connectivity index (χ0) is 55.3. The van der Waals surface area contributed by atoms with Gasteiger partial charge in [-0.2, -0.15) is 0 Å². The Kier molecular flexibility index (Phi) is 44.8. The number of rotatable bonds is 51. The van der Waals surface area contributed by atoms with Gasteiger partial charge in [0.05, 0.1) is 32.0 Å². The van der Waals surface area contributed by atoms with Gasteiger partial charge in [-0.1, -0.05) is 244 Å². The highest BCUT2D eigenvalue weighted by molar-refractivity contribution is 5.76. The van der Waals surface area contributed by atoms with Crippen LogP contribution in [0.15, 0.2) is 24.3 Å². The summed E-state index contributed by atoms with van der Waals surface area (Å²) in [6.45, 7) is 2.85. The molecule has 2 aliphatic heterocycles. The molecule has 0 aromatic heterocycles. The van der Waals surface area contributed by atoms with Crippen LogP contribution in [-0.4, -0.2) is 140 Å². The number of unbranched alkanes of at least 4 members (excludes halogenated alkanes) is 34. The van der Waals surface area contributed by atoms with Gasteiger partial charge in [0.25, 0.3) is 0 Å². The first-order chi connectivity index (χ1) is 37.1. The van der Waals surface area contributed by atoms with Gasteiger partial charge in [0.2, 0.25) is 5.91 Å². The van der Waals surface area contributed by atoms with Crippen LogP contribution in [0.3, 0.4) is 0 Å². The number of aliphatic hydroxyl groups is 8. The molecule has 2 heterocycles. The number of allylic oxidation sites excluding steroid dienone is 4. The molecule has 0 aromatic rings. The van der Waals surface area contributed by atoms with E-state index in [1.54, 1.807) is 0 Å². The summed E-state index contributed by atoms with van der Waals surface area (Å²) >= 11 is 0. The number of hydrogen-bond donors (Lipinski definition) is 9. The normalized spacial score (nSPS) is 25.0. The van der Waals surface area contributed by atoms with Gasteiger partial charge in [-0.25, -0.2) is 0 Å². The van der Waals surface area contributed by atoms with E-state index in [2.05, 4.69) is 43.5 Å². The predicted octanol–water partition coefficient (Wildman–Crippen LogP) is 11.2. The van der Waals surface area contributed by atoms with Crippen LogP contribution >= 0.6 is 0 Å². The first-order valence-corrected chi connectivity index (χ1v) is 31.6. The molecule has 14 heteroatoms. The molecule has 12 unspecified atom stereocenters. The summed E-state index contributed by atoms with van der Waals surface area (Å²) in [5.74, 6) is -0.204. The van der Waals surface area contributed by atoms with Gasteiger partial charge in [-0.3, -0.25) is 4.79 Å². The highest BCUT2D eigenvalue weighted by Gasteiger charge is 2.51. The Morgan fingerprint density at radius 2 is 0.868 bits per heavy atom. The average molecular weight is 1080 g/mol. The average Bonchev–Trinajstić information content (AvgIpc) is 3.42. The van der Waals surface area contributed by atoms with Crippen molar-refractivity contribution in [2.24, 2.45) is 0 Å². The Hall–Kier alpha value is -1.53. The summed E-state index contributed by atoms with van der Waals surface area (Å²) in [5.41, 5.74) is 0. The summed E-state index contributed by atoms with van der Waals surface area (Å²) < 4.78 is 22.8. The van der Waals surface area contributed by atoms with Gasteiger partial charge in [0.1, 0.15) is 48.8 Å². The molecule has 12 atom stereocenters. The molecule has 1 amide bonds. The van der Waals surface area contributed by atoms with Crippen molar-refractivity contribution in [3.05, 3.63) is 24.3 Å². The van der Waals surface area contributed by atoms with E-state index in [4.69, 9.17) is 18.9 Å². The zero-order valence-electron chi connectivity index (χ0n) is 48.3. The second-order valence-electron chi connectivity index (χ2n) is 22.5. The third kappa shape index (κ3) is 33.3. The van der Waals surface area contributed by atoms with Gasteiger partial charge in [-0.05, 0) is 44.9 Å². The number of aliphatic hydroxyl groups excluding tert-OH is 8. The first-order valence-electron chi connectivity index (χ1n) is 31.6. The highest BCUT2D eigenvalue weighted by atomic mass is 16.7. The minimum Gasteiger partial charge on any atom is -0.394 e. The Bertz CT molecular complexity index is 1370. The van der Waals surface area contributed by atoms with E-state index in [9.17, 15) is 45.6 Å². The topological polar surface area (TPSA) is 228 Å². The first kappa shape index (κ1) is 70.6. The number of amides is 1. The highest BCUT2D eigenvalue weighted by Crippen LogP contribution is 2.30. The number of nitrogens with one attached hydrogen (secondary N) is 1. The third-order valence-electron chi connectivity index (χ3n) is 15.7. The lowest BCUT2D eigenvalue weighted by Gasteiger charge is -2.46. The van der Waals surface area contributed by atoms with Gasteiger partial charge in [0, 0.05) is 6.42 Å². The quantitative estimate of drug-likeness (QED) is 0.0204. The number of carbonyl (C=O) groups is 1. The van der Waals surface area contributed by atoms with Crippen molar-refractivity contribution >= 4 is 5.91 Å². The fourth-order valence-electron chi connectivity index (χ4n) is 10.6. The van der Waals surface area contributed by atoms with Crippen LogP contribution in [0.5, 0.6) is 0 Å². The summed E-state index contributed by atoms with van der Waals surface area (Å²) in [6.07, 6.45) is 40.6. The maximum Gasteiger partial charge on any atom is 0.220 e. The zero-order valence-corrected chi connectivity index (χ0v) is 48.3. The molecule has 0 spiro atoms. The molecular weight excluding hydrogens is 967 g/mol. The van der Waals surface area contributed by atoms with Gasteiger partial charge in [0.15, 0.2) is 12.6 Å². The smallest absolute Gasteiger partial charge is 0.220 e. The molecule has 0 aromatic carbocycles. The SMILES string of the molecule is CCCCCCC/C=C\C/C=C\CCCCCCCCCCCCCCCCCCCCCC(=O)NC(COC1OC(CO)C(OC2OC(CO)C(O)C(O)C2O)C(O)C1O)C(O)CCCCCCCCCCCCC. The monoisotopic (exact) mass is 1080 g/mol. The van der Waals surface area contributed by atoms with E-state index < -0.39 is 86.8 Å². The number of hydrogen-bond acceptors (Lipinski definition) is 13. The van der Waals surface area contributed by atoms with Crippen LogP contribution in [-0.2, 0) is 23.7 Å². The molecule has 76 heavy (non-hydrogen) atoms. The van der Waals surface area contributed by atoms with Crippen LogP contribution in [0.1, 0.15) is 271 Å². The fraction of sp³-hybridized carbons (Fsp3) is 0.919. The number of carbonyl (C=O) groups excluding carboxylic acids is 1. The lowest BCUT2D eigenvalue weighted by Crippen LogP contribution is -2.65. The Balaban J connectivity index is 1.62. The lowest BCUT2D eigenvalue weighted by molar-refractivity contribution is -0.359. The summed E-state index contributed by atoms with van der Waals surface area (Å²) in [6, 6.07) is -0.824. The van der Waals surface area contributed by atoms with E-state index in [0.717, 1.165) is 57.8 Å². The molecule has 0 saturated carbocycles. The Labute approximate surface area is 462 Å². The van der Waals surface area contributed by atoms with Crippen molar-refractivity contribution in [2.75, 3.05) is 19.8 Å². The lowest BCUT2D eigenvalue weighted by atomic mass is 9.97. The van der Waals surface area contributed by atoms with Gasteiger partial charge >= 0.3 is 0 Å². The molecule has 0 radical (unpaired) electrons. The van der Waals surface area contributed by atoms with E-state index in [0.29, 0.717) is 12.8 Å². The maximum atomic E-state index is 13.3. The molecular formula is C62H117NO13. The summed E-state index contributed by atoms with van der Waals surface area (Å²) in [4.78, 5) is 13.3. The predicted molar refractivity (Wildman–Crippen MR) is 305 cm³/mol. The van der Waals surface area contributed by atoms with Crippen molar-refractivity contribution in [3.8, 4) is 0 Å². The molecule has 2 saturated heterocycles. The molecule has 0 aliphatic carbocycles. The van der Waals surface area contributed by atoms with Crippen molar-refractivity contribution < 1.29 is 64.6 Å². The summed E-state index contributed by atoms with van der Waals surface area (Å²) in [7, 11) is 0. The van der Waals surface area contributed by atoms with Crippen LogP contribution in [0.25, 0.3) is 0 Å². The minimum atomic E-state index is -1.78. The van der Waals surface area contributed by atoms with Crippen molar-refractivity contribution in [1.82, 2.24) is 5.32 Å².